The first kappa shape index (κ1) is 22.4. The van der Waals surface area contributed by atoms with E-state index >= 15 is 0 Å². The number of nitrogens with one attached hydrogen (secondary N) is 1. The van der Waals surface area contributed by atoms with Gasteiger partial charge in [0.05, 0.1) is 11.6 Å². The summed E-state index contributed by atoms with van der Waals surface area (Å²) in [7, 11) is -3.46. The fourth-order valence-corrected chi connectivity index (χ4v) is 8.01. The minimum Gasteiger partial charge on any atom is -0.315 e. The standard InChI is InChI=1S/C21H26N4O3S3/c1-15(24-9-11-25(12-10-24)31(27,28)19-8-5-13-29-19)20(26)23-21-17(14-22)16-6-3-2-4-7-18(16)30-21/h5,8,13,15H,2-4,6-7,9-12H2,1H3,(H,23,26). The summed E-state index contributed by atoms with van der Waals surface area (Å²) in [5.74, 6) is -0.150. The van der Waals surface area contributed by atoms with Crippen LogP contribution < -0.4 is 5.32 Å². The smallest absolute Gasteiger partial charge is 0.252 e. The predicted octanol–water partition coefficient (Wildman–Crippen LogP) is 3.28. The zero-order valence-electron chi connectivity index (χ0n) is 17.5. The van der Waals surface area contributed by atoms with Crippen molar-refractivity contribution in [3.8, 4) is 6.07 Å². The molecule has 3 heterocycles. The highest BCUT2D eigenvalue weighted by molar-refractivity contribution is 7.91. The molecule has 31 heavy (non-hydrogen) atoms. The Hall–Kier alpha value is -1.77. The van der Waals surface area contributed by atoms with Crippen LogP contribution in [-0.4, -0.2) is 55.8 Å². The van der Waals surface area contributed by atoms with Gasteiger partial charge in [-0.3, -0.25) is 9.69 Å². The number of nitrogens with zero attached hydrogens (tertiary/aromatic N) is 3. The normalized spacial score (nSPS) is 19.2. The molecule has 1 atom stereocenters. The number of carbonyl (C=O) groups excluding carboxylic acids is 1. The maximum atomic E-state index is 12.9. The number of fused-ring (bicyclic) bond motifs is 1. The molecule has 0 spiro atoms. The first-order valence-electron chi connectivity index (χ1n) is 10.5. The van der Waals surface area contributed by atoms with Gasteiger partial charge in [-0.25, -0.2) is 8.42 Å². The van der Waals surface area contributed by atoms with Crippen LogP contribution in [0.4, 0.5) is 5.00 Å². The maximum absolute atomic E-state index is 12.9. The molecule has 1 fully saturated rings. The predicted molar refractivity (Wildman–Crippen MR) is 123 cm³/mol. The second-order valence-electron chi connectivity index (χ2n) is 7.92. The van der Waals surface area contributed by atoms with Crippen LogP contribution in [-0.2, 0) is 27.7 Å². The van der Waals surface area contributed by atoms with Gasteiger partial charge in [0, 0.05) is 31.1 Å². The highest BCUT2D eigenvalue weighted by Gasteiger charge is 2.33. The van der Waals surface area contributed by atoms with Gasteiger partial charge in [-0.2, -0.15) is 9.57 Å². The van der Waals surface area contributed by atoms with E-state index in [0.29, 0.717) is 41.0 Å². The van der Waals surface area contributed by atoms with Gasteiger partial charge in [0.2, 0.25) is 5.91 Å². The van der Waals surface area contributed by atoms with Crippen molar-refractivity contribution in [1.82, 2.24) is 9.21 Å². The van der Waals surface area contributed by atoms with Gasteiger partial charge in [-0.1, -0.05) is 12.5 Å². The lowest BCUT2D eigenvalue weighted by Crippen LogP contribution is -2.53. The molecule has 10 heteroatoms. The van der Waals surface area contributed by atoms with E-state index in [1.54, 1.807) is 17.5 Å². The number of hydrogen-bond acceptors (Lipinski definition) is 7. The molecule has 2 aromatic heterocycles. The first-order chi connectivity index (χ1) is 14.9. The second-order valence-corrected chi connectivity index (χ2v) is 12.1. The van der Waals surface area contributed by atoms with Gasteiger partial charge in [0.25, 0.3) is 10.0 Å². The Balaban J connectivity index is 1.39. The molecule has 2 aromatic rings. The number of amides is 1. The van der Waals surface area contributed by atoms with E-state index in [1.807, 2.05) is 11.8 Å². The number of piperazine rings is 1. The molecule has 0 saturated carbocycles. The van der Waals surface area contributed by atoms with E-state index in [1.165, 1.54) is 38.3 Å². The van der Waals surface area contributed by atoms with Crippen LogP contribution in [0, 0.1) is 11.3 Å². The van der Waals surface area contributed by atoms with Crippen LogP contribution in [0.5, 0.6) is 0 Å². The third-order valence-electron chi connectivity index (χ3n) is 6.06. The first-order valence-corrected chi connectivity index (χ1v) is 13.7. The number of rotatable bonds is 5. The number of carbonyl (C=O) groups is 1. The molecule has 1 aliphatic carbocycles. The number of anilines is 1. The Labute approximate surface area is 191 Å². The zero-order valence-corrected chi connectivity index (χ0v) is 19.9. The number of thiophene rings is 2. The van der Waals surface area contributed by atoms with Crippen LogP contribution in [0.2, 0.25) is 0 Å². The van der Waals surface area contributed by atoms with Gasteiger partial charge in [0.1, 0.15) is 15.3 Å². The Kier molecular flexibility index (Phi) is 6.79. The van der Waals surface area contributed by atoms with E-state index in [2.05, 4.69) is 11.4 Å². The summed E-state index contributed by atoms with van der Waals surface area (Å²) in [5.41, 5.74) is 1.73. The fourth-order valence-electron chi connectivity index (χ4n) is 4.20. The summed E-state index contributed by atoms with van der Waals surface area (Å²) in [6.45, 7) is 3.53. The molecule has 4 rings (SSSR count). The van der Waals surface area contributed by atoms with Crippen LogP contribution in [0.25, 0.3) is 0 Å². The lowest BCUT2D eigenvalue weighted by molar-refractivity contribution is -0.121. The van der Waals surface area contributed by atoms with Crippen LogP contribution in [0.1, 0.15) is 42.2 Å². The molecule has 1 unspecified atom stereocenters. The van der Waals surface area contributed by atoms with E-state index in [4.69, 9.17) is 0 Å². The highest BCUT2D eigenvalue weighted by Crippen LogP contribution is 2.37. The molecule has 1 N–H and O–H groups in total. The van der Waals surface area contributed by atoms with Crippen LogP contribution >= 0.6 is 22.7 Å². The average molecular weight is 479 g/mol. The van der Waals surface area contributed by atoms with E-state index in [-0.39, 0.29) is 5.91 Å². The Bertz CT molecular complexity index is 1080. The molecule has 1 saturated heterocycles. The van der Waals surface area contributed by atoms with Gasteiger partial charge in [-0.05, 0) is 49.6 Å². The largest absolute Gasteiger partial charge is 0.315 e. The second kappa shape index (κ2) is 9.38. The van der Waals surface area contributed by atoms with Crippen LogP contribution in [0.15, 0.2) is 21.7 Å². The Morgan fingerprint density at radius 3 is 2.61 bits per heavy atom. The fraction of sp³-hybridized carbons (Fsp3) is 0.524. The zero-order chi connectivity index (χ0) is 22.0. The topological polar surface area (TPSA) is 93.5 Å². The molecule has 1 aliphatic heterocycles. The molecule has 2 aliphatic rings. The summed E-state index contributed by atoms with van der Waals surface area (Å²) in [4.78, 5) is 16.2. The number of sulfonamides is 1. The van der Waals surface area contributed by atoms with Crippen molar-refractivity contribution < 1.29 is 13.2 Å². The van der Waals surface area contributed by atoms with E-state index < -0.39 is 16.1 Å². The van der Waals surface area contributed by atoms with Gasteiger partial charge in [-0.15, -0.1) is 22.7 Å². The summed E-state index contributed by atoms with van der Waals surface area (Å²) in [6, 6.07) is 5.26. The summed E-state index contributed by atoms with van der Waals surface area (Å²) < 4.78 is 27.2. The number of hydrogen-bond donors (Lipinski definition) is 1. The number of aryl methyl sites for hydroxylation is 1. The molecule has 0 aromatic carbocycles. The lowest BCUT2D eigenvalue weighted by Gasteiger charge is -2.36. The van der Waals surface area contributed by atoms with Crippen LogP contribution in [0.3, 0.4) is 0 Å². The maximum Gasteiger partial charge on any atom is 0.252 e. The van der Waals surface area contributed by atoms with Crippen molar-refractivity contribution in [2.45, 2.75) is 49.3 Å². The molecule has 1 amide bonds. The van der Waals surface area contributed by atoms with Gasteiger partial charge < -0.3 is 5.32 Å². The number of nitriles is 1. The molecule has 166 valence electrons. The highest BCUT2D eigenvalue weighted by atomic mass is 32.2. The summed E-state index contributed by atoms with van der Waals surface area (Å²) in [6.07, 6.45) is 5.27. The van der Waals surface area contributed by atoms with E-state index in [9.17, 15) is 18.5 Å². The minimum atomic E-state index is -3.46. The van der Waals surface area contributed by atoms with E-state index in [0.717, 1.165) is 31.2 Å². The molecular formula is C21H26N4O3S3. The Morgan fingerprint density at radius 2 is 1.94 bits per heavy atom. The van der Waals surface area contributed by atoms with Crippen molar-refractivity contribution in [3.05, 3.63) is 33.5 Å². The molecular weight excluding hydrogens is 452 g/mol. The SMILES string of the molecule is CC(C(=O)Nc1sc2c(c1C#N)CCCCC2)N1CCN(S(=O)(=O)c2cccs2)CC1. The molecule has 0 bridgehead atoms. The minimum absolute atomic E-state index is 0.150. The van der Waals surface area contributed by atoms with Crippen molar-refractivity contribution in [1.29, 1.82) is 5.26 Å². The quantitative estimate of drug-likeness (QED) is 0.666. The molecule has 0 radical (unpaired) electrons. The third kappa shape index (κ3) is 4.56. The van der Waals surface area contributed by atoms with Crippen molar-refractivity contribution >= 4 is 43.6 Å². The van der Waals surface area contributed by atoms with Gasteiger partial charge in [0.15, 0.2) is 0 Å². The average Bonchev–Trinajstić information content (AvgIpc) is 3.37. The van der Waals surface area contributed by atoms with Crippen molar-refractivity contribution in [2.24, 2.45) is 0 Å². The monoisotopic (exact) mass is 478 g/mol. The summed E-state index contributed by atoms with van der Waals surface area (Å²) in [5, 5.41) is 15.1. The van der Waals surface area contributed by atoms with Crippen molar-refractivity contribution in [2.75, 3.05) is 31.5 Å². The lowest BCUT2D eigenvalue weighted by atomic mass is 10.1. The third-order valence-corrected chi connectivity index (χ3v) is 10.5. The summed E-state index contributed by atoms with van der Waals surface area (Å²) >= 11 is 2.76. The molecule has 7 nitrogen and oxygen atoms in total. The van der Waals surface area contributed by atoms with Crippen molar-refractivity contribution in [3.63, 3.8) is 0 Å². The Morgan fingerprint density at radius 1 is 1.19 bits per heavy atom. The van der Waals surface area contributed by atoms with Gasteiger partial charge >= 0.3 is 0 Å².